The first-order valence-electron chi connectivity index (χ1n) is 5.75. The Labute approximate surface area is 96.2 Å². The molecule has 0 unspecified atom stereocenters. The molecule has 0 aliphatic carbocycles. The number of hydrogen-bond donors (Lipinski definition) is 1. The Kier molecular flexibility index (Phi) is 3.01. The van der Waals surface area contributed by atoms with Crippen LogP contribution in [0, 0.1) is 6.92 Å². The maximum Gasteiger partial charge on any atom is 0.270 e. The molecule has 1 fully saturated rings. The first-order chi connectivity index (χ1) is 7.61. The highest BCUT2D eigenvalue weighted by molar-refractivity contribution is 5.93. The molecule has 1 atom stereocenters. The largest absolute Gasteiger partial charge is 0.344 e. The van der Waals surface area contributed by atoms with Crippen molar-refractivity contribution in [3.05, 3.63) is 23.5 Å². The molecule has 0 radical (unpaired) electrons. The predicted molar refractivity (Wildman–Crippen MR) is 63.5 cm³/mol. The third-order valence-corrected chi connectivity index (χ3v) is 3.35. The summed E-state index contributed by atoms with van der Waals surface area (Å²) in [6.07, 6.45) is 0. The van der Waals surface area contributed by atoms with Crippen LogP contribution < -0.4 is 5.32 Å². The van der Waals surface area contributed by atoms with E-state index < -0.39 is 0 Å². The molecule has 0 bridgehead atoms. The Balaban J connectivity index is 2.21. The average molecular weight is 221 g/mol. The lowest BCUT2D eigenvalue weighted by molar-refractivity contribution is 0.0645. The Morgan fingerprint density at radius 1 is 1.50 bits per heavy atom. The van der Waals surface area contributed by atoms with Crippen LogP contribution in [0.15, 0.2) is 12.1 Å². The Morgan fingerprint density at radius 2 is 2.25 bits per heavy atom. The van der Waals surface area contributed by atoms with Crippen LogP contribution in [0.3, 0.4) is 0 Å². The van der Waals surface area contributed by atoms with Gasteiger partial charge in [0.1, 0.15) is 5.69 Å². The van der Waals surface area contributed by atoms with Crippen molar-refractivity contribution in [3.63, 3.8) is 0 Å². The summed E-state index contributed by atoms with van der Waals surface area (Å²) in [5, 5.41) is 3.29. The molecule has 1 aromatic rings. The lowest BCUT2D eigenvalue weighted by Gasteiger charge is -2.34. The molecule has 4 heteroatoms. The van der Waals surface area contributed by atoms with E-state index in [-0.39, 0.29) is 11.9 Å². The van der Waals surface area contributed by atoms with Crippen LogP contribution in [0.4, 0.5) is 0 Å². The predicted octanol–water partition coefficient (Wildman–Crippen LogP) is 0.767. The second-order valence-electron chi connectivity index (χ2n) is 4.47. The van der Waals surface area contributed by atoms with Crippen LogP contribution in [-0.2, 0) is 7.05 Å². The smallest absolute Gasteiger partial charge is 0.270 e. The second-order valence-corrected chi connectivity index (χ2v) is 4.47. The first-order valence-corrected chi connectivity index (χ1v) is 5.75. The zero-order valence-corrected chi connectivity index (χ0v) is 10.2. The topological polar surface area (TPSA) is 37.3 Å². The second kappa shape index (κ2) is 4.29. The lowest BCUT2D eigenvalue weighted by Crippen LogP contribution is -2.52. The van der Waals surface area contributed by atoms with E-state index in [0.717, 1.165) is 31.0 Å². The van der Waals surface area contributed by atoms with E-state index in [0.29, 0.717) is 0 Å². The summed E-state index contributed by atoms with van der Waals surface area (Å²) in [4.78, 5) is 14.3. The molecule has 2 heterocycles. The van der Waals surface area contributed by atoms with Crippen molar-refractivity contribution in [1.29, 1.82) is 0 Å². The van der Waals surface area contributed by atoms with Crippen LogP contribution >= 0.6 is 0 Å². The normalized spacial score (nSPS) is 21.2. The summed E-state index contributed by atoms with van der Waals surface area (Å²) in [6.45, 7) is 6.66. The van der Waals surface area contributed by atoms with Crippen molar-refractivity contribution in [2.24, 2.45) is 7.05 Å². The molecule has 1 aliphatic heterocycles. The van der Waals surface area contributed by atoms with Gasteiger partial charge in [-0.25, -0.2) is 0 Å². The van der Waals surface area contributed by atoms with Gasteiger partial charge in [0.05, 0.1) is 0 Å². The maximum absolute atomic E-state index is 12.3. The van der Waals surface area contributed by atoms with Gasteiger partial charge in [-0.1, -0.05) is 0 Å². The highest BCUT2D eigenvalue weighted by atomic mass is 16.2. The monoisotopic (exact) mass is 221 g/mol. The Hall–Kier alpha value is -1.29. The van der Waals surface area contributed by atoms with Crippen molar-refractivity contribution < 1.29 is 4.79 Å². The Morgan fingerprint density at radius 3 is 2.81 bits per heavy atom. The zero-order valence-electron chi connectivity index (χ0n) is 10.2. The molecule has 16 heavy (non-hydrogen) atoms. The van der Waals surface area contributed by atoms with Crippen molar-refractivity contribution >= 4 is 5.91 Å². The summed E-state index contributed by atoms with van der Waals surface area (Å²) in [7, 11) is 1.94. The SMILES string of the molecule is Cc1ccc(C(=O)N2CCNC[C@@H]2C)n1C. The third-order valence-electron chi connectivity index (χ3n) is 3.35. The minimum atomic E-state index is 0.143. The first kappa shape index (κ1) is 11.2. The number of amides is 1. The zero-order chi connectivity index (χ0) is 11.7. The van der Waals surface area contributed by atoms with Gasteiger partial charge >= 0.3 is 0 Å². The molecule has 0 saturated carbocycles. The molecule has 1 aliphatic rings. The quantitative estimate of drug-likeness (QED) is 0.760. The average Bonchev–Trinajstić information content (AvgIpc) is 2.60. The number of nitrogens with zero attached hydrogens (tertiary/aromatic N) is 2. The molecule has 1 aromatic heterocycles. The molecular weight excluding hydrogens is 202 g/mol. The molecule has 1 amide bonds. The van der Waals surface area contributed by atoms with E-state index in [1.165, 1.54) is 0 Å². The van der Waals surface area contributed by atoms with Crippen molar-refractivity contribution in [2.75, 3.05) is 19.6 Å². The van der Waals surface area contributed by atoms with Crippen LogP contribution in [0.25, 0.3) is 0 Å². The van der Waals surface area contributed by atoms with E-state index in [4.69, 9.17) is 0 Å². The molecule has 88 valence electrons. The standard InChI is InChI=1S/C12H19N3O/c1-9-4-5-11(14(9)3)12(16)15-7-6-13-8-10(15)2/h4-5,10,13H,6-8H2,1-3H3/t10-/m0/s1. The van der Waals surface area contributed by atoms with Gasteiger partial charge in [0.2, 0.25) is 0 Å². The summed E-state index contributed by atoms with van der Waals surface area (Å²) in [5.74, 6) is 0.143. The fourth-order valence-electron chi connectivity index (χ4n) is 2.12. The third kappa shape index (κ3) is 1.85. The molecule has 0 spiro atoms. The van der Waals surface area contributed by atoms with Crippen LogP contribution in [0.5, 0.6) is 0 Å². The van der Waals surface area contributed by atoms with E-state index in [1.807, 2.05) is 35.6 Å². The molecule has 1 saturated heterocycles. The molecular formula is C12H19N3O. The van der Waals surface area contributed by atoms with Gasteiger partial charge in [-0.05, 0) is 26.0 Å². The molecule has 4 nitrogen and oxygen atoms in total. The highest BCUT2D eigenvalue weighted by Gasteiger charge is 2.25. The minimum absolute atomic E-state index is 0.143. The number of rotatable bonds is 1. The van der Waals surface area contributed by atoms with E-state index in [2.05, 4.69) is 12.2 Å². The van der Waals surface area contributed by atoms with Gasteiger partial charge in [0, 0.05) is 38.4 Å². The van der Waals surface area contributed by atoms with Gasteiger partial charge in [0.15, 0.2) is 0 Å². The molecule has 2 rings (SSSR count). The van der Waals surface area contributed by atoms with E-state index in [9.17, 15) is 4.79 Å². The van der Waals surface area contributed by atoms with Crippen molar-refractivity contribution in [2.45, 2.75) is 19.9 Å². The van der Waals surface area contributed by atoms with Crippen LogP contribution in [0.2, 0.25) is 0 Å². The number of aromatic nitrogens is 1. The number of piperazine rings is 1. The number of nitrogens with one attached hydrogen (secondary N) is 1. The van der Waals surface area contributed by atoms with Gasteiger partial charge < -0.3 is 14.8 Å². The van der Waals surface area contributed by atoms with Gasteiger partial charge in [-0.2, -0.15) is 0 Å². The molecule has 1 N–H and O–H groups in total. The number of hydrogen-bond acceptors (Lipinski definition) is 2. The number of carbonyl (C=O) groups excluding carboxylic acids is 1. The van der Waals surface area contributed by atoms with E-state index in [1.54, 1.807) is 0 Å². The van der Waals surface area contributed by atoms with E-state index >= 15 is 0 Å². The minimum Gasteiger partial charge on any atom is -0.344 e. The fourth-order valence-corrected chi connectivity index (χ4v) is 2.12. The fraction of sp³-hybridized carbons (Fsp3) is 0.583. The maximum atomic E-state index is 12.3. The summed E-state index contributed by atoms with van der Waals surface area (Å²) < 4.78 is 1.96. The summed E-state index contributed by atoms with van der Waals surface area (Å²) in [5.41, 5.74) is 1.90. The van der Waals surface area contributed by atoms with Gasteiger partial charge in [-0.3, -0.25) is 4.79 Å². The summed E-state index contributed by atoms with van der Waals surface area (Å²) in [6, 6.07) is 4.17. The lowest BCUT2D eigenvalue weighted by atomic mass is 10.2. The number of aryl methyl sites for hydroxylation is 1. The molecule has 0 aromatic carbocycles. The van der Waals surface area contributed by atoms with Crippen molar-refractivity contribution in [1.82, 2.24) is 14.8 Å². The van der Waals surface area contributed by atoms with Crippen LogP contribution in [-0.4, -0.2) is 41.1 Å². The highest BCUT2D eigenvalue weighted by Crippen LogP contribution is 2.12. The van der Waals surface area contributed by atoms with Gasteiger partial charge in [-0.15, -0.1) is 0 Å². The van der Waals surface area contributed by atoms with Crippen molar-refractivity contribution in [3.8, 4) is 0 Å². The van der Waals surface area contributed by atoms with Gasteiger partial charge in [0.25, 0.3) is 5.91 Å². The number of carbonyl (C=O) groups is 1. The Bertz CT molecular complexity index is 397. The van der Waals surface area contributed by atoms with Crippen LogP contribution in [0.1, 0.15) is 23.1 Å². The summed E-state index contributed by atoms with van der Waals surface area (Å²) >= 11 is 0.